The Balaban J connectivity index is 1.88. The van der Waals surface area contributed by atoms with E-state index in [4.69, 9.17) is 5.73 Å². The van der Waals surface area contributed by atoms with Crippen molar-refractivity contribution in [1.82, 2.24) is 9.97 Å². The summed E-state index contributed by atoms with van der Waals surface area (Å²) in [6.45, 7) is 2.91. The van der Waals surface area contributed by atoms with Gasteiger partial charge < -0.3 is 16.2 Å². The monoisotopic (exact) mass is 250 g/mol. The summed E-state index contributed by atoms with van der Waals surface area (Å²) >= 11 is 0. The Bertz CT molecular complexity index is 389. The highest BCUT2D eigenvalue weighted by atomic mass is 16.3. The van der Waals surface area contributed by atoms with E-state index in [1.54, 1.807) is 6.07 Å². The van der Waals surface area contributed by atoms with Gasteiger partial charge in [0.2, 0.25) is 0 Å². The van der Waals surface area contributed by atoms with E-state index in [0.29, 0.717) is 11.7 Å². The molecule has 4 N–H and O–H groups in total. The van der Waals surface area contributed by atoms with Gasteiger partial charge in [-0.25, -0.2) is 9.97 Å². The molecule has 0 spiro atoms. The minimum absolute atomic E-state index is 0.0948. The predicted octanol–water partition coefficient (Wildman–Crippen LogP) is 1.58. The van der Waals surface area contributed by atoms with Gasteiger partial charge in [0, 0.05) is 19.0 Å². The van der Waals surface area contributed by atoms with Crippen molar-refractivity contribution in [2.45, 2.75) is 45.1 Å². The summed E-state index contributed by atoms with van der Waals surface area (Å²) in [5, 5.41) is 12.8. The fraction of sp³-hybridized carbons (Fsp3) is 0.692. The zero-order valence-electron chi connectivity index (χ0n) is 10.9. The number of aliphatic hydroxyl groups is 1. The van der Waals surface area contributed by atoms with Crippen LogP contribution in [0, 0.1) is 5.92 Å². The Morgan fingerprint density at radius 3 is 2.72 bits per heavy atom. The Morgan fingerprint density at radius 1 is 1.33 bits per heavy atom. The van der Waals surface area contributed by atoms with E-state index in [9.17, 15) is 5.11 Å². The third kappa shape index (κ3) is 3.57. The summed E-state index contributed by atoms with van der Waals surface area (Å²) in [6, 6.07) is 1.77. The lowest BCUT2D eigenvalue weighted by Gasteiger charge is -2.25. The predicted molar refractivity (Wildman–Crippen MR) is 72.3 cm³/mol. The maximum Gasteiger partial charge on any atom is 0.132 e. The van der Waals surface area contributed by atoms with Crippen molar-refractivity contribution in [3.05, 3.63) is 11.9 Å². The van der Waals surface area contributed by atoms with E-state index in [1.165, 1.54) is 0 Å². The maximum absolute atomic E-state index is 9.46. The Labute approximate surface area is 108 Å². The molecule has 1 saturated carbocycles. The van der Waals surface area contributed by atoms with Crippen LogP contribution < -0.4 is 11.1 Å². The first-order valence-corrected chi connectivity index (χ1v) is 6.72. The Hall–Kier alpha value is -1.36. The summed E-state index contributed by atoms with van der Waals surface area (Å²) < 4.78 is 0. The van der Waals surface area contributed by atoms with Gasteiger partial charge in [-0.3, -0.25) is 0 Å². The van der Waals surface area contributed by atoms with E-state index in [-0.39, 0.29) is 6.10 Å². The van der Waals surface area contributed by atoms with Crippen LogP contribution in [0.4, 0.5) is 11.6 Å². The molecule has 2 rings (SSSR count). The molecule has 0 bridgehead atoms. The summed E-state index contributed by atoms with van der Waals surface area (Å²) in [5.74, 6) is 2.72. The first kappa shape index (κ1) is 13.1. The highest BCUT2D eigenvalue weighted by Crippen LogP contribution is 2.24. The lowest BCUT2D eigenvalue weighted by molar-refractivity contribution is 0.111. The second-order valence-electron chi connectivity index (χ2n) is 5.00. The zero-order valence-corrected chi connectivity index (χ0v) is 10.9. The third-order valence-electron chi connectivity index (χ3n) is 3.50. The molecule has 1 heterocycles. The van der Waals surface area contributed by atoms with Crippen LogP contribution in [0.15, 0.2) is 6.07 Å². The number of aryl methyl sites for hydroxylation is 1. The number of nitrogens with two attached hydrogens (primary N) is 1. The number of rotatable bonds is 4. The van der Waals surface area contributed by atoms with Crippen LogP contribution >= 0.6 is 0 Å². The van der Waals surface area contributed by atoms with E-state index < -0.39 is 0 Å². The van der Waals surface area contributed by atoms with E-state index >= 15 is 0 Å². The van der Waals surface area contributed by atoms with Gasteiger partial charge in [-0.05, 0) is 31.6 Å². The van der Waals surface area contributed by atoms with Crippen LogP contribution in [-0.4, -0.2) is 27.7 Å². The topological polar surface area (TPSA) is 84.1 Å². The fourth-order valence-electron chi connectivity index (χ4n) is 2.36. The molecule has 1 aliphatic carbocycles. The van der Waals surface area contributed by atoms with Crippen molar-refractivity contribution in [3.8, 4) is 0 Å². The Kier molecular flexibility index (Phi) is 4.36. The molecule has 1 aromatic rings. The summed E-state index contributed by atoms with van der Waals surface area (Å²) in [7, 11) is 0. The van der Waals surface area contributed by atoms with Gasteiger partial charge in [0.1, 0.15) is 17.5 Å². The molecule has 0 aromatic carbocycles. The SMILES string of the molecule is CCc1nc(N)cc(NCC2CCC(O)CC2)n1. The smallest absolute Gasteiger partial charge is 0.132 e. The number of nitrogens with zero attached hydrogens (tertiary/aromatic N) is 2. The molecule has 1 aliphatic rings. The molecule has 0 amide bonds. The number of aliphatic hydroxyl groups excluding tert-OH is 1. The lowest BCUT2D eigenvalue weighted by atomic mass is 9.87. The largest absolute Gasteiger partial charge is 0.393 e. The summed E-state index contributed by atoms with van der Waals surface area (Å²) in [5.41, 5.74) is 5.74. The summed E-state index contributed by atoms with van der Waals surface area (Å²) in [6.07, 6.45) is 4.68. The highest BCUT2D eigenvalue weighted by molar-refractivity contribution is 5.44. The molecule has 100 valence electrons. The molecular formula is C13H22N4O. The first-order chi connectivity index (χ1) is 8.67. The summed E-state index contributed by atoms with van der Waals surface area (Å²) in [4.78, 5) is 8.55. The number of hydrogen-bond acceptors (Lipinski definition) is 5. The van der Waals surface area contributed by atoms with Crippen LogP contribution in [0.1, 0.15) is 38.4 Å². The van der Waals surface area contributed by atoms with Gasteiger partial charge in [-0.2, -0.15) is 0 Å². The second kappa shape index (κ2) is 6.00. The molecule has 0 atom stereocenters. The van der Waals surface area contributed by atoms with Crippen molar-refractivity contribution < 1.29 is 5.11 Å². The van der Waals surface area contributed by atoms with Crippen molar-refractivity contribution >= 4 is 11.6 Å². The maximum atomic E-state index is 9.46. The van der Waals surface area contributed by atoms with Crippen molar-refractivity contribution in [2.24, 2.45) is 5.92 Å². The van der Waals surface area contributed by atoms with Gasteiger partial charge in [0.15, 0.2) is 0 Å². The molecule has 18 heavy (non-hydrogen) atoms. The molecule has 1 aromatic heterocycles. The molecule has 0 saturated heterocycles. The number of nitrogen functional groups attached to an aromatic ring is 1. The molecule has 0 aliphatic heterocycles. The van der Waals surface area contributed by atoms with Crippen LogP contribution in [-0.2, 0) is 6.42 Å². The standard InChI is InChI=1S/C13H22N4O/c1-2-12-16-11(14)7-13(17-12)15-8-9-3-5-10(18)6-4-9/h7,9-10,18H,2-6,8H2,1H3,(H3,14,15,16,17). The number of anilines is 2. The molecule has 0 unspecified atom stereocenters. The van der Waals surface area contributed by atoms with Crippen LogP contribution in [0.25, 0.3) is 0 Å². The highest BCUT2D eigenvalue weighted by Gasteiger charge is 2.19. The number of nitrogens with one attached hydrogen (secondary N) is 1. The van der Waals surface area contributed by atoms with E-state index in [1.807, 2.05) is 6.92 Å². The minimum Gasteiger partial charge on any atom is -0.393 e. The van der Waals surface area contributed by atoms with E-state index in [0.717, 1.165) is 50.3 Å². The zero-order chi connectivity index (χ0) is 13.0. The number of hydrogen-bond donors (Lipinski definition) is 3. The van der Waals surface area contributed by atoms with Gasteiger partial charge in [-0.15, -0.1) is 0 Å². The molecule has 0 radical (unpaired) electrons. The van der Waals surface area contributed by atoms with Crippen molar-refractivity contribution in [2.75, 3.05) is 17.6 Å². The average molecular weight is 250 g/mol. The van der Waals surface area contributed by atoms with Crippen LogP contribution in [0.2, 0.25) is 0 Å². The van der Waals surface area contributed by atoms with E-state index in [2.05, 4.69) is 15.3 Å². The number of aromatic nitrogens is 2. The molecular weight excluding hydrogens is 228 g/mol. The quantitative estimate of drug-likeness (QED) is 0.755. The minimum atomic E-state index is -0.0948. The van der Waals surface area contributed by atoms with Crippen molar-refractivity contribution in [1.29, 1.82) is 0 Å². The molecule has 1 fully saturated rings. The fourth-order valence-corrected chi connectivity index (χ4v) is 2.36. The third-order valence-corrected chi connectivity index (χ3v) is 3.50. The Morgan fingerprint density at radius 2 is 2.06 bits per heavy atom. The lowest BCUT2D eigenvalue weighted by Crippen LogP contribution is -2.24. The van der Waals surface area contributed by atoms with Crippen molar-refractivity contribution in [3.63, 3.8) is 0 Å². The second-order valence-corrected chi connectivity index (χ2v) is 5.00. The first-order valence-electron chi connectivity index (χ1n) is 6.72. The van der Waals surface area contributed by atoms with Gasteiger partial charge in [0.05, 0.1) is 6.10 Å². The molecule has 5 nitrogen and oxygen atoms in total. The normalized spacial score (nSPS) is 23.9. The van der Waals surface area contributed by atoms with Gasteiger partial charge in [0.25, 0.3) is 0 Å². The van der Waals surface area contributed by atoms with Gasteiger partial charge >= 0.3 is 0 Å². The van der Waals surface area contributed by atoms with Crippen LogP contribution in [0.5, 0.6) is 0 Å². The van der Waals surface area contributed by atoms with Crippen LogP contribution in [0.3, 0.4) is 0 Å². The average Bonchev–Trinajstić information content (AvgIpc) is 2.37. The van der Waals surface area contributed by atoms with Gasteiger partial charge in [-0.1, -0.05) is 6.92 Å². The molecule has 5 heteroatoms.